The summed E-state index contributed by atoms with van der Waals surface area (Å²) in [6, 6.07) is 19.3. The molecule has 0 fully saturated rings. The van der Waals surface area contributed by atoms with E-state index in [0.717, 1.165) is 29.7 Å². The third kappa shape index (κ3) is 7.37. The zero-order chi connectivity index (χ0) is 19.5. The van der Waals surface area contributed by atoms with Crippen molar-refractivity contribution in [2.75, 3.05) is 13.2 Å². The molecule has 1 amide bonds. The van der Waals surface area contributed by atoms with Crippen molar-refractivity contribution >= 4 is 12.0 Å². The second-order valence-electron chi connectivity index (χ2n) is 6.76. The molecule has 27 heavy (non-hydrogen) atoms. The second kappa shape index (κ2) is 10.8. The van der Waals surface area contributed by atoms with E-state index in [-0.39, 0.29) is 11.5 Å². The smallest absolute Gasteiger partial charge is 0.261 e. The third-order valence-corrected chi connectivity index (χ3v) is 4.06. The van der Waals surface area contributed by atoms with E-state index in [1.807, 2.05) is 60.7 Å². The molecular weight excluding hydrogens is 336 g/mol. The summed E-state index contributed by atoms with van der Waals surface area (Å²) in [4.78, 5) is 12.2. The Hall–Kier alpha value is -3.06. The summed E-state index contributed by atoms with van der Waals surface area (Å²) < 4.78 is 5.68. The molecule has 0 aliphatic heterocycles. The molecule has 2 aromatic carbocycles. The number of amides is 1. The molecule has 2 aromatic rings. The average molecular weight is 362 g/mol. The Labute approximate surface area is 161 Å². The number of hydrogen-bond acceptors (Lipinski definition) is 3. The molecule has 140 valence electrons. The predicted octanol–water partition coefficient (Wildman–Crippen LogP) is 4.38. The summed E-state index contributed by atoms with van der Waals surface area (Å²) in [7, 11) is 0. The Bertz CT molecular complexity index is 787. The Morgan fingerprint density at radius 3 is 2.48 bits per heavy atom. The largest absolute Gasteiger partial charge is 0.494 e. The molecule has 0 saturated heterocycles. The molecule has 0 bridgehead atoms. The molecule has 0 saturated carbocycles. The van der Waals surface area contributed by atoms with Gasteiger partial charge in [0.05, 0.1) is 6.61 Å². The molecule has 0 aliphatic rings. The molecule has 0 heterocycles. The molecule has 4 nitrogen and oxygen atoms in total. The van der Waals surface area contributed by atoms with Crippen molar-refractivity contribution in [3.05, 3.63) is 71.3 Å². The van der Waals surface area contributed by atoms with Gasteiger partial charge in [0, 0.05) is 6.54 Å². The number of carbonyl (C=O) groups is 1. The lowest BCUT2D eigenvalue weighted by Crippen LogP contribution is -2.26. The Morgan fingerprint density at radius 2 is 1.85 bits per heavy atom. The molecule has 0 atom stereocenters. The van der Waals surface area contributed by atoms with Gasteiger partial charge in [-0.15, -0.1) is 0 Å². The Balaban J connectivity index is 1.88. The summed E-state index contributed by atoms with van der Waals surface area (Å²) in [5.41, 5.74) is 2.03. The van der Waals surface area contributed by atoms with Crippen LogP contribution in [0, 0.1) is 17.2 Å². The van der Waals surface area contributed by atoms with Crippen LogP contribution in [-0.2, 0) is 11.2 Å². The highest BCUT2D eigenvalue weighted by Crippen LogP contribution is 2.15. The van der Waals surface area contributed by atoms with Gasteiger partial charge in [-0.1, -0.05) is 56.3 Å². The lowest BCUT2D eigenvalue weighted by atomic mass is 10.1. The number of rotatable bonds is 9. The molecule has 1 N–H and O–H groups in total. The summed E-state index contributed by atoms with van der Waals surface area (Å²) in [5.74, 6) is 1.04. The quantitative estimate of drug-likeness (QED) is 0.532. The zero-order valence-corrected chi connectivity index (χ0v) is 15.9. The Kier molecular flexibility index (Phi) is 8.12. The van der Waals surface area contributed by atoms with Crippen LogP contribution in [0.25, 0.3) is 6.08 Å². The first-order chi connectivity index (χ1) is 13.1. The SMILES string of the molecule is CC(C)CCOc1ccc(/C=C(/C#N)C(=O)NCCc2ccccc2)cc1. The van der Waals surface area contributed by atoms with Crippen molar-refractivity contribution in [3.63, 3.8) is 0 Å². The van der Waals surface area contributed by atoms with Gasteiger partial charge < -0.3 is 10.1 Å². The highest BCUT2D eigenvalue weighted by molar-refractivity contribution is 6.01. The van der Waals surface area contributed by atoms with Crippen LogP contribution in [0.15, 0.2) is 60.2 Å². The molecule has 0 aliphatic carbocycles. The highest BCUT2D eigenvalue weighted by Gasteiger charge is 2.08. The number of ether oxygens (including phenoxy) is 1. The van der Waals surface area contributed by atoms with Crippen molar-refractivity contribution < 1.29 is 9.53 Å². The van der Waals surface area contributed by atoms with Crippen LogP contribution in [-0.4, -0.2) is 19.1 Å². The van der Waals surface area contributed by atoms with E-state index in [9.17, 15) is 10.1 Å². The molecule has 4 heteroatoms. The number of nitrogens with zero attached hydrogens (tertiary/aromatic N) is 1. The molecule has 0 spiro atoms. The molecule has 0 aromatic heterocycles. The van der Waals surface area contributed by atoms with Crippen LogP contribution in [0.1, 0.15) is 31.4 Å². The number of nitriles is 1. The summed E-state index contributed by atoms with van der Waals surface area (Å²) in [5, 5.41) is 12.1. The van der Waals surface area contributed by atoms with E-state index >= 15 is 0 Å². The average Bonchev–Trinajstić information content (AvgIpc) is 2.67. The van der Waals surface area contributed by atoms with Gasteiger partial charge in [-0.05, 0) is 48.1 Å². The standard InChI is InChI=1S/C23H26N2O2/c1-18(2)13-15-27-22-10-8-20(9-11-22)16-21(17-24)23(26)25-14-12-19-6-4-3-5-7-19/h3-11,16,18H,12-15H2,1-2H3,(H,25,26)/b21-16-. The fraction of sp³-hybridized carbons (Fsp3) is 0.304. The molecule has 2 rings (SSSR count). The summed E-state index contributed by atoms with van der Waals surface area (Å²) >= 11 is 0. The van der Waals surface area contributed by atoms with Gasteiger partial charge in [-0.2, -0.15) is 5.26 Å². The van der Waals surface area contributed by atoms with Gasteiger partial charge >= 0.3 is 0 Å². The maximum atomic E-state index is 12.2. The first kappa shape index (κ1) is 20.3. The van der Waals surface area contributed by atoms with Gasteiger partial charge in [-0.25, -0.2) is 0 Å². The van der Waals surface area contributed by atoms with Gasteiger partial charge in [0.25, 0.3) is 5.91 Å². The van der Waals surface area contributed by atoms with E-state index in [0.29, 0.717) is 19.1 Å². The van der Waals surface area contributed by atoms with Crippen molar-refractivity contribution in [1.82, 2.24) is 5.32 Å². The van der Waals surface area contributed by atoms with Crippen molar-refractivity contribution in [2.45, 2.75) is 26.7 Å². The van der Waals surface area contributed by atoms with Crippen LogP contribution in [0.2, 0.25) is 0 Å². The second-order valence-corrected chi connectivity index (χ2v) is 6.76. The van der Waals surface area contributed by atoms with Gasteiger partial charge in [0.2, 0.25) is 0 Å². The van der Waals surface area contributed by atoms with Gasteiger partial charge in [0.15, 0.2) is 0 Å². The number of nitrogens with one attached hydrogen (secondary N) is 1. The van der Waals surface area contributed by atoms with E-state index in [1.54, 1.807) is 6.08 Å². The normalized spacial score (nSPS) is 11.1. The van der Waals surface area contributed by atoms with Gasteiger partial charge in [0.1, 0.15) is 17.4 Å². The minimum atomic E-state index is -0.356. The fourth-order valence-corrected chi connectivity index (χ4v) is 2.45. The fourth-order valence-electron chi connectivity index (χ4n) is 2.45. The van der Waals surface area contributed by atoms with Crippen LogP contribution < -0.4 is 10.1 Å². The van der Waals surface area contributed by atoms with Gasteiger partial charge in [-0.3, -0.25) is 4.79 Å². The van der Waals surface area contributed by atoms with Crippen LogP contribution in [0.3, 0.4) is 0 Å². The van der Waals surface area contributed by atoms with Crippen molar-refractivity contribution in [2.24, 2.45) is 5.92 Å². The maximum Gasteiger partial charge on any atom is 0.261 e. The van der Waals surface area contributed by atoms with E-state index in [1.165, 1.54) is 0 Å². The van der Waals surface area contributed by atoms with Crippen LogP contribution >= 0.6 is 0 Å². The minimum Gasteiger partial charge on any atom is -0.494 e. The summed E-state index contributed by atoms with van der Waals surface area (Å²) in [6.07, 6.45) is 3.33. The molecular formula is C23H26N2O2. The van der Waals surface area contributed by atoms with E-state index in [2.05, 4.69) is 19.2 Å². The lowest BCUT2D eigenvalue weighted by molar-refractivity contribution is -0.117. The van der Waals surface area contributed by atoms with E-state index < -0.39 is 0 Å². The maximum absolute atomic E-state index is 12.2. The summed E-state index contributed by atoms with van der Waals surface area (Å²) in [6.45, 7) is 5.49. The van der Waals surface area contributed by atoms with E-state index in [4.69, 9.17) is 4.74 Å². The first-order valence-corrected chi connectivity index (χ1v) is 9.25. The topological polar surface area (TPSA) is 62.1 Å². The van der Waals surface area contributed by atoms with Crippen LogP contribution in [0.4, 0.5) is 0 Å². The third-order valence-electron chi connectivity index (χ3n) is 4.06. The minimum absolute atomic E-state index is 0.0940. The number of carbonyl (C=O) groups excluding carboxylic acids is 1. The lowest BCUT2D eigenvalue weighted by Gasteiger charge is -2.08. The van der Waals surface area contributed by atoms with Crippen molar-refractivity contribution in [3.8, 4) is 11.8 Å². The zero-order valence-electron chi connectivity index (χ0n) is 15.9. The predicted molar refractivity (Wildman–Crippen MR) is 108 cm³/mol. The highest BCUT2D eigenvalue weighted by atomic mass is 16.5. The Morgan fingerprint density at radius 1 is 1.15 bits per heavy atom. The number of benzene rings is 2. The van der Waals surface area contributed by atoms with Crippen LogP contribution in [0.5, 0.6) is 5.75 Å². The van der Waals surface area contributed by atoms with Crippen molar-refractivity contribution in [1.29, 1.82) is 5.26 Å². The monoisotopic (exact) mass is 362 g/mol. The molecule has 0 unspecified atom stereocenters. The first-order valence-electron chi connectivity index (χ1n) is 9.25. The molecule has 0 radical (unpaired) electrons. The number of hydrogen-bond donors (Lipinski definition) is 1.